The number of hydrogen-bond donors (Lipinski definition) is 1. The second kappa shape index (κ2) is 7.58. The number of nitrogens with zero attached hydrogens (tertiary/aromatic N) is 1. The molecule has 2 heterocycles. The molecule has 0 saturated carbocycles. The molecule has 1 aromatic heterocycles. The van der Waals surface area contributed by atoms with Crippen LogP contribution in [0, 0.1) is 0 Å². The average Bonchev–Trinajstić information content (AvgIpc) is 2.72. The summed E-state index contributed by atoms with van der Waals surface area (Å²) in [6.45, 7) is 2.40. The lowest BCUT2D eigenvalue weighted by Gasteiger charge is -2.17. The van der Waals surface area contributed by atoms with Gasteiger partial charge in [-0.3, -0.25) is 4.98 Å². The number of hydrogen-bond acceptors (Lipinski definition) is 4. The van der Waals surface area contributed by atoms with E-state index in [1.165, 1.54) is 11.3 Å². The Morgan fingerprint density at radius 1 is 1.00 bits per heavy atom. The van der Waals surface area contributed by atoms with E-state index in [9.17, 15) is 0 Å². The van der Waals surface area contributed by atoms with Gasteiger partial charge in [0.15, 0.2) is 11.5 Å². The lowest BCUT2D eigenvalue weighted by Crippen LogP contribution is -2.24. The van der Waals surface area contributed by atoms with Crippen molar-refractivity contribution in [2.45, 2.75) is 19.6 Å². The van der Waals surface area contributed by atoms with Crippen molar-refractivity contribution < 1.29 is 9.47 Å². The molecule has 0 bridgehead atoms. The van der Waals surface area contributed by atoms with E-state index in [2.05, 4.69) is 17.4 Å². The Balaban J connectivity index is 1.57. The molecule has 2 aromatic carbocycles. The first-order valence-corrected chi connectivity index (χ1v) is 8.88. The standard InChI is InChI=1S/C22H22N2O2/c1-25-22-13-17(19-9-7-18-14-23-12-11-20(18)24-19)8-10-21(22)26-15-16-5-3-2-4-6-16/h2-10,13,23H,11-12,14-15H2,1H3. The molecular formula is C22H22N2O2. The topological polar surface area (TPSA) is 43.4 Å². The predicted octanol–water partition coefficient (Wildman–Crippen LogP) is 3.98. The quantitative estimate of drug-likeness (QED) is 0.759. The smallest absolute Gasteiger partial charge is 0.161 e. The van der Waals surface area contributed by atoms with Crippen LogP contribution in [0.3, 0.4) is 0 Å². The van der Waals surface area contributed by atoms with Crippen molar-refractivity contribution in [1.82, 2.24) is 10.3 Å². The summed E-state index contributed by atoms with van der Waals surface area (Å²) in [5, 5.41) is 3.38. The van der Waals surface area contributed by atoms with Gasteiger partial charge in [-0.25, -0.2) is 0 Å². The Hall–Kier alpha value is -2.85. The fourth-order valence-corrected chi connectivity index (χ4v) is 3.18. The molecule has 132 valence electrons. The van der Waals surface area contributed by atoms with Gasteiger partial charge in [0.25, 0.3) is 0 Å². The van der Waals surface area contributed by atoms with Gasteiger partial charge in [-0.05, 0) is 35.4 Å². The summed E-state index contributed by atoms with van der Waals surface area (Å²) in [6, 6.07) is 20.3. The normalized spacial score (nSPS) is 13.1. The maximum atomic E-state index is 5.94. The number of rotatable bonds is 5. The summed E-state index contributed by atoms with van der Waals surface area (Å²) in [5.74, 6) is 1.46. The van der Waals surface area contributed by atoms with Gasteiger partial charge in [0.05, 0.1) is 12.8 Å². The van der Waals surface area contributed by atoms with Gasteiger partial charge < -0.3 is 14.8 Å². The molecule has 4 heteroatoms. The summed E-state index contributed by atoms with van der Waals surface area (Å²) < 4.78 is 11.5. The van der Waals surface area contributed by atoms with Crippen LogP contribution in [0.1, 0.15) is 16.8 Å². The van der Waals surface area contributed by atoms with E-state index in [0.29, 0.717) is 6.61 Å². The van der Waals surface area contributed by atoms with Crippen molar-refractivity contribution in [2.24, 2.45) is 0 Å². The monoisotopic (exact) mass is 346 g/mol. The van der Waals surface area contributed by atoms with Gasteiger partial charge in [0, 0.05) is 30.8 Å². The molecule has 0 aliphatic carbocycles. The van der Waals surface area contributed by atoms with Gasteiger partial charge in [-0.1, -0.05) is 36.4 Å². The minimum absolute atomic E-state index is 0.515. The van der Waals surface area contributed by atoms with E-state index in [1.807, 2.05) is 48.5 Å². The molecule has 4 nitrogen and oxygen atoms in total. The molecular weight excluding hydrogens is 324 g/mol. The van der Waals surface area contributed by atoms with E-state index < -0.39 is 0 Å². The van der Waals surface area contributed by atoms with Gasteiger partial charge in [0.1, 0.15) is 6.61 Å². The van der Waals surface area contributed by atoms with Crippen LogP contribution < -0.4 is 14.8 Å². The van der Waals surface area contributed by atoms with E-state index in [4.69, 9.17) is 14.5 Å². The summed E-state index contributed by atoms with van der Waals surface area (Å²) >= 11 is 0. The zero-order chi connectivity index (χ0) is 17.8. The van der Waals surface area contributed by atoms with Gasteiger partial charge in [-0.15, -0.1) is 0 Å². The zero-order valence-corrected chi connectivity index (χ0v) is 14.9. The van der Waals surface area contributed by atoms with E-state index in [1.54, 1.807) is 7.11 Å². The molecule has 0 amide bonds. The number of ether oxygens (including phenoxy) is 2. The third kappa shape index (κ3) is 3.55. The van der Waals surface area contributed by atoms with Crippen molar-refractivity contribution in [3.05, 3.63) is 77.5 Å². The van der Waals surface area contributed by atoms with Crippen molar-refractivity contribution in [1.29, 1.82) is 0 Å². The number of aromatic nitrogens is 1. The van der Waals surface area contributed by atoms with Crippen molar-refractivity contribution in [2.75, 3.05) is 13.7 Å². The van der Waals surface area contributed by atoms with Crippen LogP contribution in [0.2, 0.25) is 0 Å². The summed E-state index contributed by atoms with van der Waals surface area (Å²) in [7, 11) is 1.67. The summed E-state index contributed by atoms with van der Waals surface area (Å²) in [4.78, 5) is 4.85. The number of benzene rings is 2. The third-order valence-corrected chi connectivity index (χ3v) is 4.62. The fraction of sp³-hybridized carbons (Fsp3) is 0.227. The Morgan fingerprint density at radius 2 is 1.88 bits per heavy atom. The predicted molar refractivity (Wildman–Crippen MR) is 102 cm³/mol. The SMILES string of the molecule is COc1cc(-c2ccc3c(n2)CCNC3)ccc1OCc1ccccc1. The highest BCUT2D eigenvalue weighted by atomic mass is 16.5. The maximum Gasteiger partial charge on any atom is 0.161 e. The molecule has 1 aliphatic rings. The van der Waals surface area contributed by atoms with Gasteiger partial charge >= 0.3 is 0 Å². The first kappa shape index (κ1) is 16.6. The van der Waals surface area contributed by atoms with Crippen molar-refractivity contribution in [3.63, 3.8) is 0 Å². The number of fused-ring (bicyclic) bond motifs is 1. The molecule has 0 saturated heterocycles. The molecule has 4 rings (SSSR count). The zero-order valence-electron chi connectivity index (χ0n) is 14.9. The molecule has 26 heavy (non-hydrogen) atoms. The Bertz CT molecular complexity index is 894. The van der Waals surface area contributed by atoms with E-state index in [0.717, 1.165) is 47.8 Å². The largest absolute Gasteiger partial charge is 0.493 e. The van der Waals surface area contributed by atoms with Crippen LogP contribution in [0.5, 0.6) is 11.5 Å². The molecule has 0 unspecified atom stereocenters. The number of methoxy groups -OCH3 is 1. The molecule has 1 aliphatic heterocycles. The molecule has 0 radical (unpaired) electrons. The number of pyridine rings is 1. The lowest BCUT2D eigenvalue weighted by atomic mass is 10.0. The summed E-state index contributed by atoms with van der Waals surface area (Å²) in [5.41, 5.74) is 5.61. The highest BCUT2D eigenvalue weighted by molar-refractivity contribution is 5.64. The van der Waals surface area contributed by atoms with Crippen LogP contribution in [-0.2, 0) is 19.6 Å². The van der Waals surface area contributed by atoms with E-state index in [-0.39, 0.29) is 0 Å². The van der Waals surface area contributed by atoms with Crippen molar-refractivity contribution in [3.8, 4) is 22.8 Å². The Kier molecular flexibility index (Phi) is 4.84. The van der Waals surface area contributed by atoms with Crippen LogP contribution in [0.15, 0.2) is 60.7 Å². The first-order valence-electron chi connectivity index (χ1n) is 8.88. The second-order valence-corrected chi connectivity index (χ2v) is 6.37. The minimum Gasteiger partial charge on any atom is -0.493 e. The summed E-state index contributed by atoms with van der Waals surface area (Å²) in [6.07, 6.45) is 0.971. The maximum absolute atomic E-state index is 5.94. The highest BCUT2D eigenvalue weighted by Gasteiger charge is 2.13. The van der Waals surface area contributed by atoms with Crippen LogP contribution >= 0.6 is 0 Å². The van der Waals surface area contributed by atoms with Crippen LogP contribution in [-0.4, -0.2) is 18.6 Å². The van der Waals surface area contributed by atoms with E-state index >= 15 is 0 Å². The lowest BCUT2D eigenvalue weighted by molar-refractivity contribution is 0.284. The van der Waals surface area contributed by atoms with Crippen molar-refractivity contribution >= 4 is 0 Å². The van der Waals surface area contributed by atoms with Crippen LogP contribution in [0.25, 0.3) is 11.3 Å². The van der Waals surface area contributed by atoms with Crippen LogP contribution in [0.4, 0.5) is 0 Å². The fourth-order valence-electron chi connectivity index (χ4n) is 3.18. The van der Waals surface area contributed by atoms with Gasteiger partial charge in [0.2, 0.25) is 0 Å². The molecule has 0 atom stereocenters. The Morgan fingerprint density at radius 3 is 2.73 bits per heavy atom. The minimum atomic E-state index is 0.515. The molecule has 1 N–H and O–H groups in total. The highest BCUT2D eigenvalue weighted by Crippen LogP contribution is 2.33. The second-order valence-electron chi connectivity index (χ2n) is 6.37. The average molecular weight is 346 g/mol. The molecule has 3 aromatic rings. The Labute approximate surface area is 153 Å². The van der Waals surface area contributed by atoms with Gasteiger partial charge in [-0.2, -0.15) is 0 Å². The first-order chi connectivity index (χ1) is 12.8. The number of nitrogens with one attached hydrogen (secondary N) is 1. The molecule has 0 fully saturated rings. The molecule has 0 spiro atoms. The third-order valence-electron chi connectivity index (χ3n) is 4.62.